The minimum atomic E-state index is -1.15. The maximum atomic E-state index is 12.3. The highest BCUT2D eigenvalue weighted by molar-refractivity contribution is 6.33. The number of nitrogens with one attached hydrogen (secondary N) is 1. The fourth-order valence-electron chi connectivity index (χ4n) is 2.59. The van der Waals surface area contributed by atoms with Crippen molar-refractivity contribution < 1.29 is 19.1 Å². The smallest absolute Gasteiger partial charge is 0.337 e. The quantitative estimate of drug-likeness (QED) is 0.462. The molecule has 0 bridgehead atoms. The van der Waals surface area contributed by atoms with Crippen LogP contribution >= 0.6 is 11.6 Å². The molecule has 6 nitrogen and oxygen atoms in total. The summed E-state index contributed by atoms with van der Waals surface area (Å²) in [4.78, 5) is 23.5. The molecule has 0 aliphatic carbocycles. The van der Waals surface area contributed by atoms with Crippen molar-refractivity contribution in [3.8, 4) is 17.4 Å². The minimum absolute atomic E-state index is 0.0457. The van der Waals surface area contributed by atoms with Crippen molar-refractivity contribution in [3.05, 3.63) is 88.1 Å². The molecule has 0 saturated carbocycles. The van der Waals surface area contributed by atoms with E-state index in [-0.39, 0.29) is 16.2 Å². The first-order chi connectivity index (χ1) is 14.0. The molecule has 0 saturated heterocycles. The lowest BCUT2D eigenvalue weighted by molar-refractivity contribution is -0.117. The molecule has 0 unspecified atom stereocenters. The van der Waals surface area contributed by atoms with E-state index in [1.807, 2.05) is 36.4 Å². The topological polar surface area (TPSA) is 103 Å². The van der Waals surface area contributed by atoms with Gasteiger partial charge in [0.1, 0.15) is 23.2 Å². The Morgan fingerprint density at radius 2 is 1.90 bits per heavy atom. The number of nitriles is 1. The number of amides is 1. The first-order valence-corrected chi connectivity index (χ1v) is 8.92. The van der Waals surface area contributed by atoms with Gasteiger partial charge in [-0.25, -0.2) is 4.79 Å². The Balaban J connectivity index is 1.77. The van der Waals surface area contributed by atoms with Gasteiger partial charge in [0.25, 0.3) is 5.91 Å². The summed E-state index contributed by atoms with van der Waals surface area (Å²) in [5.41, 5.74) is 1.27. The Morgan fingerprint density at radius 3 is 2.59 bits per heavy atom. The summed E-state index contributed by atoms with van der Waals surface area (Å²) in [7, 11) is 0. The molecule has 3 aromatic rings. The molecule has 0 atom stereocenters. The molecule has 2 aromatic carbocycles. The summed E-state index contributed by atoms with van der Waals surface area (Å²) < 4.78 is 5.65. The van der Waals surface area contributed by atoms with Crippen molar-refractivity contribution in [2.45, 2.75) is 6.54 Å². The molecule has 29 heavy (non-hydrogen) atoms. The standard InChI is InChI=1S/C22H15ClN2O4/c23-19-8-6-15(11-18(19)22(27)28)20-9-7-17(29-20)10-16(12-24)21(26)25-13-14-4-2-1-3-5-14/h1-11H,13H2,(H,25,26)(H,27,28)/b16-10+. The predicted molar refractivity (Wildman–Crippen MR) is 108 cm³/mol. The monoisotopic (exact) mass is 406 g/mol. The minimum Gasteiger partial charge on any atom is -0.478 e. The van der Waals surface area contributed by atoms with E-state index in [0.717, 1.165) is 5.56 Å². The Hall–Kier alpha value is -3.82. The summed E-state index contributed by atoms with van der Waals surface area (Å²) >= 11 is 5.88. The third-order valence-corrected chi connectivity index (χ3v) is 4.39. The van der Waals surface area contributed by atoms with Crippen molar-refractivity contribution in [2.24, 2.45) is 0 Å². The van der Waals surface area contributed by atoms with Gasteiger partial charge in [0.15, 0.2) is 0 Å². The SMILES string of the molecule is N#C/C(=C\c1ccc(-c2ccc(Cl)c(C(=O)O)c2)o1)C(=O)NCc1ccccc1. The Bertz CT molecular complexity index is 1130. The highest BCUT2D eigenvalue weighted by atomic mass is 35.5. The highest BCUT2D eigenvalue weighted by Gasteiger charge is 2.14. The van der Waals surface area contributed by atoms with E-state index < -0.39 is 11.9 Å². The molecule has 144 valence electrons. The van der Waals surface area contributed by atoms with Crippen LogP contribution in [0.5, 0.6) is 0 Å². The lowest BCUT2D eigenvalue weighted by atomic mass is 10.1. The van der Waals surface area contributed by atoms with Crippen LogP contribution in [0.4, 0.5) is 0 Å². The molecular formula is C22H15ClN2O4. The van der Waals surface area contributed by atoms with Crippen LogP contribution in [-0.4, -0.2) is 17.0 Å². The maximum Gasteiger partial charge on any atom is 0.337 e. The van der Waals surface area contributed by atoms with Crippen LogP contribution < -0.4 is 5.32 Å². The zero-order valence-corrected chi connectivity index (χ0v) is 15.8. The van der Waals surface area contributed by atoms with Gasteiger partial charge in [0.05, 0.1) is 10.6 Å². The molecule has 0 spiro atoms. The van der Waals surface area contributed by atoms with E-state index in [9.17, 15) is 20.0 Å². The highest BCUT2D eigenvalue weighted by Crippen LogP contribution is 2.27. The van der Waals surface area contributed by atoms with Gasteiger partial charge in [-0.1, -0.05) is 41.9 Å². The lowest BCUT2D eigenvalue weighted by Gasteiger charge is -2.04. The third kappa shape index (κ3) is 4.92. The van der Waals surface area contributed by atoms with Gasteiger partial charge < -0.3 is 14.8 Å². The van der Waals surface area contributed by atoms with Gasteiger partial charge in [-0.05, 0) is 35.9 Å². The van der Waals surface area contributed by atoms with Crippen molar-refractivity contribution in [2.75, 3.05) is 0 Å². The number of carbonyl (C=O) groups is 2. The number of furan rings is 1. The summed E-state index contributed by atoms with van der Waals surface area (Å²) in [5.74, 6) is -0.991. The Kier molecular flexibility index (Phi) is 6.12. The average molecular weight is 407 g/mol. The van der Waals surface area contributed by atoms with E-state index in [4.69, 9.17) is 16.0 Å². The number of carboxylic acid groups (broad SMARTS) is 1. The van der Waals surface area contributed by atoms with Gasteiger partial charge in [-0.15, -0.1) is 0 Å². The second-order valence-corrected chi connectivity index (χ2v) is 6.45. The van der Waals surface area contributed by atoms with Crippen LogP contribution in [0.25, 0.3) is 17.4 Å². The number of nitrogens with zero attached hydrogens (tertiary/aromatic N) is 1. The van der Waals surface area contributed by atoms with Gasteiger partial charge in [0, 0.05) is 18.2 Å². The lowest BCUT2D eigenvalue weighted by Crippen LogP contribution is -2.23. The molecule has 0 fully saturated rings. The van der Waals surface area contributed by atoms with E-state index in [0.29, 0.717) is 23.6 Å². The third-order valence-electron chi connectivity index (χ3n) is 4.06. The van der Waals surface area contributed by atoms with E-state index >= 15 is 0 Å². The number of benzene rings is 2. The summed E-state index contributed by atoms with van der Waals surface area (Å²) in [5, 5.41) is 21.3. The van der Waals surface area contributed by atoms with Crippen LogP contribution in [-0.2, 0) is 11.3 Å². The second-order valence-electron chi connectivity index (χ2n) is 6.04. The predicted octanol–water partition coefficient (Wildman–Crippen LogP) is 4.52. The Labute approximate surface area is 171 Å². The van der Waals surface area contributed by atoms with Crippen LogP contribution in [0.15, 0.2) is 70.7 Å². The summed E-state index contributed by atoms with van der Waals surface area (Å²) in [6.45, 7) is 0.296. The van der Waals surface area contributed by atoms with Gasteiger partial charge in [-0.2, -0.15) is 5.26 Å². The van der Waals surface area contributed by atoms with Crippen molar-refractivity contribution in [3.63, 3.8) is 0 Å². The number of carboxylic acids is 1. The van der Waals surface area contributed by atoms with Crippen LogP contribution in [0.2, 0.25) is 5.02 Å². The first kappa shape index (κ1) is 19.9. The molecule has 1 amide bonds. The first-order valence-electron chi connectivity index (χ1n) is 8.55. The summed E-state index contributed by atoms with van der Waals surface area (Å²) in [6, 6.07) is 18.9. The normalized spacial score (nSPS) is 11.0. The number of hydrogen-bond acceptors (Lipinski definition) is 4. The molecule has 2 N–H and O–H groups in total. The van der Waals surface area contributed by atoms with Crippen LogP contribution in [0.1, 0.15) is 21.7 Å². The molecule has 1 heterocycles. The number of hydrogen-bond donors (Lipinski definition) is 2. The zero-order valence-electron chi connectivity index (χ0n) is 15.1. The fourth-order valence-corrected chi connectivity index (χ4v) is 2.79. The van der Waals surface area contributed by atoms with E-state index in [1.165, 1.54) is 18.2 Å². The number of aromatic carboxylic acids is 1. The average Bonchev–Trinajstić information content (AvgIpc) is 3.19. The van der Waals surface area contributed by atoms with Crippen molar-refractivity contribution in [1.29, 1.82) is 5.26 Å². The van der Waals surface area contributed by atoms with E-state index in [1.54, 1.807) is 18.2 Å². The molecular weight excluding hydrogens is 392 g/mol. The summed E-state index contributed by atoms with van der Waals surface area (Å²) in [6.07, 6.45) is 1.33. The second kappa shape index (κ2) is 8.91. The molecule has 0 radical (unpaired) electrons. The number of rotatable bonds is 6. The van der Waals surface area contributed by atoms with Crippen molar-refractivity contribution >= 4 is 29.6 Å². The molecule has 7 heteroatoms. The fraction of sp³-hybridized carbons (Fsp3) is 0.0455. The van der Waals surface area contributed by atoms with Crippen LogP contribution in [0.3, 0.4) is 0 Å². The zero-order chi connectivity index (χ0) is 20.8. The number of halogens is 1. The van der Waals surface area contributed by atoms with Gasteiger partial charge in [-0.3, -0.25) is 4.79 Å². The van der Waals surface area contributed by atoms with Gasteiger partial charge in [0.2, 0.25) is 0 Å². The molecule has 0 aliphatic heterocycles. The largest absolute Gasteiger partial charge is 0.478 e. The molecule has 0 aliphatic rings. The van der Waals surface area contributed by atoms with Crippen LogP contribution in [0, 0.1) is 11.3 Å². The van der Waals surface area contributed by atoms with E-state index in [2.05, 4.69) is 5.32 Å². The maximum absolute atomic E-state index is 12.3. The molecule has 3 rings (SSSR count). The molecule has 1 aromatic heterocycles. The number of carbonyl (C=O) groups excluding carboxylic acids is 1. The van der Waals surface area contributed by atoms with Crippen molar-refractivity contribution in [1.82, 2.24) is 5.32 Å². The Morgan fingerprint density at radius 1 is 1.14 bits per heavy atom. The van der Waals surface area contributed by atoms with Gasteiger partial charge >= 0.3 is 5.97 Å².